The van der Waals surface area contributed by atoms with Crippen LogP contribution in [0.25, 0.3) is 0 Å². The number of carbonyl (C=O) groups is 3. The maximum atomic E-state index is 12.5. The molecule has 0 aromatic heterocycles. The molecule has 43 heavy (non-hydrogen) atoms. The third-order valence-corrected chi connectivity index (χ3v) is 7.83. The summed E-state index contributed by atoms with van der Waals surface area (Å²) in [5.41, 5.74) is 0. The first kappa shape index (κ1) is 40.9. The minimum atomic E-state index is -1.03. The highest BCUT2D eigenvalue weighted by Crippen LogP contribution is 2.15. The van der Waals surface area contributed by atoms with E-state index in [0.717, 1.165) is 57.8 Å². The van der Waals surface area contributed by atoms with E-state index < -0.39 is 5.97 Å². The summed E-state index contributed by atoms with van der Waals surface area (Å²) >= 11 is 0. The third-order valence-electron chi connectivity index (χ3n) is 7.83. The molecule has 0 bridgehead atoms. The van der Waals surface area contributed by atoms with E-state index in [-0.39, 0.29) is 24.5 Å². The van der Waals surface area contributed by atoms with E-state index in [0.29, 0.717) is 12.8 Å². The van der Waals surface area contributed by atoms with Crippen LogP contribution in [0.15, 0.2) is 24.3 Å². The van der Waals surface area contributed by atoms with Gasteiger partial charge in [0.2, 0.25) is 5.91 Å². The number of ether oxygens (including phenoxy) is 1. The van der Waals surface area contributed by atoms with Crippen LogP contribution in [0.4, 0.5) is 0 Å². The molecule has 0 spiro atoms. The molecule has 0 aromatic rings. The quantitative estimate of drug-likeness (QED) is 0.0452. The molecule has 6 nitrogen and oxygen atoms in total. The zero-order valence-electron chi connectivity index (χ0n) is 28.1. The molecule has 1 unspecified atom stereocenters. The van der Waals surface area contributed by atoms with E-state index in [2.05, 4.69) is 43.5 Å². The summed E-state index contributed by atoms with van der Waals surface area (Å²) in [5.74, 6) is -1.34. The molecule has 0 saturated heterocycles. The summed E-state index contributed by atoms with van der Waals surface area (Å²) in [7, 11) is 0. The highest BCUT2D eigenvalue weighted by molar-refractivity contribution is 5.80. The standard InChI is InChI=1S/C37H67NO5/c1-3-5-7-9-10-11-12-13-14-15-16-17-18-19-20-22-28-32-37(42)43-34(29-25-21-8-6-4-2)30-26-23-24-27-31-35(39)38-33-36(40)41/h13-14,25,29,34H,3-12,15-24,26-28,30-33H2,1-2H3,(H,38,39)(H,40,41)/b14-13-,29-25-. The third kappa shape index (κ3) is 32.6. The molecule has 250 valence electrons. The Labute approximate surface area is 264 Å². The van der Waals surface area contributed by atoms with Crippen molar-refractivity contribution < 1.29 is 24.2 Å². The minimum Gasteiger partial charge on any atom is -0.480 e. The Balaban J connectivity index is 3.95. The Morgan fingerprint density at radius 1 is 0.605 bits per heavy atom. The lowest BCUT2D eigenvalue weighted by Crippen LogP contribution is -2.28. The van der Waals surface area contributed by atoms with Crippen molar-refractivity contribution in [3.8, 4) is 0 Å². The molecule has 6 heteroatoms. The van der Waals surface area contributed by atoms with E-state index in [9.17, 15) is 14.4 Å². The fourth-order valence-corrected chi connectivity index (χ4v) is 5.12. The van der Waals surface area contributed by atoms with Crippen LogP contribution in [0.2, 0.25) is 0 Å². The van der Waals surface area contributed by atoms with E-state index in [1.54, 1.807) is 0 Å². The number of nitrogens with one attached hydrogen (secondary N) is 1. The smallest absolute Gasteiger partial charge is 0.322 e. The number of esters is 1. The van der Waals surface area contributed by atoms with Crippen molar-refractivity contribution in [2.24, 2.45) is 0 Å². The van der Waals surface area contributed by atoms with Crippen molar-refractivity contribution in [2.45, 2.75) is 187 Å². The molecular weight excluding hydrogens is 538 g/mol. The van der Waals surface area contributed by atoms with Gasteiger partial charge in [-0.15, -0.1) is 0 Å². The van der Waals surface area contributed by atoms with Gasteiger partial charge in [0.15, 0.2) is 0 Å². The maximum Gasteiger partial charge on any atom is 0.322 e. The zero-order valence-corrected chi connectivity index (χ0v) is 28.1. The Hall–Kier alpha value is -2.11. The van der Waals surface area contributed by atoms with Crippen LogP contribution in [0.3, 0.4) is 0 Å². The van der Waals surface area contributed by atoms with Gasteiger partial charge in [0.05, 0.1) is 0 Å². The monoisotopic (exact) mass is 606 g/mol. The van der Waals surface area contributed by atoms with Gasteiger partial charge in [-0.2, -0.15) is 0 Å². The number of hydrogen-bond acceptors (Lipinski definition) is 4. The van der Waals surface area contributed by atoms with Crippen molar-refractivity contribution in [2.75, 3.05) is 6.54 Å². The van der Waals surface area contributed by atoms with Gasteiger partial charge in [0, 0.05) is 12.8 Å². The molecule has 1 atom stereocenters. The maximum absolute atomic E-state index is 12.5. The molecule has 2 N–H and O–H groups in total. The molecule has 0 rings (SSSR count). The first-order chi connectivity index (χ1) is 21.0. The number of unbranched alkanes of at least 4 members (excludes halogenated alkanes) is 19. The first-order valence-electron chi connectivity index (χ1n) is 18.0. The Morgan fingerprint density at radius 3 is 1.67 bits per heavy atom. The van der Waals surface area contributed by atoms with Gasteiger partial charge in [0.1, 0.15) is 12.6 Å². The molecule has 1 amide bonds. The summed E-state index contributed by atoms with van der Waals surface area (Å²) in [6, 6.07) is 0. The average molecular weight is 606 g/mol. The Kier molecular flexibility index (Phi) is 31.2. The zero-order chi connectivity index (χ0) is 31.6. The van der Waals surface area contributed by atoms with Gasteiger partial charge in [-0.25, -0.2) is 0 Å². The van der Waals surface area contributed by atoms with E-state index in [1.807, 2.05) is 0 Å². The highest BCUT2D eigenvalue weighted by atomic mass is 16.5. The molecule has 0 aliphatic heterocycles. The molecule has 0 aliphatic carbocycles. The molecule has 0 aromatic carbocycles. The van der Waals surface area contributed by atoms with Gasteiger partial charge in [0.25, 0.3) is 0 Å². The minimum absolute atomic E-state index is 0.0916. The molecule has 0 fully saturated rings. The Morgan fingerprint density at radius 2 is 1.07 bits per heavy atom. The van der Waals surface area contributed by atoms with Crippen LogP contribution in [0.5, 0.6) is 0 Å². The van der Waals surface area contributed by atoms with Gasteiger partial charge in [-0.3, -0.25) is 14.4 Å². The van der Waals surface area contributed by atoms with Crippen molar-refractivity contribution in [3.63, 3.8) is 0 Å². The van der Waals surface area contributed by atoms with Crippen molar-refractivity contribution in [1.82, 2.24) is 5.32 Å². The van der Waals surface area contributed by atoms with Crippen LogP contribution in [0.1, 0.15) is 181 Å². The lowest BCUT2D eigenvalue weighted by molar-refractivity contribution is -0.147. The fraction of sp³-hybridized carbons (Fsp3) is 0.811. The first-order valence-corrected chi connectivity index (χ1v) is 18.0. The average Bonchev–Trinajstić information content (AvgIpc) is 2.99. The SMILES string of the molecule is CCCCC/C=C\C(CCCCCCC(=O)NCC(=O)O)OC(=O)CCCCCCCCC/C=C\CCCCCCCC. The topological polar surface area (TPSA) is 92.7 Å². The van der Waals surface area contributed by atoms with Crippen LogP contribution in [-0.4, -0.2) is 35.6 Å². The van der Waals surface area contributed by atoms with Crippen LogP contribution in [-0.2, 0) is 19.1 Å². The van der Waals surface area contributed by atoms with Gasteiger partial charge >= 0.3 is 11.9 Å². The molecule has 0 saturated carbocycles. The summed E-state index contributed by atoms with van der Waals surface area (Å²) < 4.78 is 5.83. The second-order valence-corrected chi connectivity index (χ2v) is 12.1. The van der Waals surface area contributed by atoms with Crippen LogP contribution < -0.4 is 5.32 Å². The summed E-state index contributed by atoms with van der Waals surface area (Å²) in [6.07, 6.45) is 37.5. The van der Waals surface area contributed by atoms with E-state index >= 15 is 0 Å². The molecule has 0 radical (unpaired) electrons. The number of carboxylic acids is 1. The summed E-state index contributed by atoms with van der Waals surface area (Å²) in [6.45, 7) is 4.14. The van der Waals surface area contributed by atoms with Gasteiger partial charge in [-0.05, 0) is 70.3 Å². The molecule has 0 heterocycles. The normalized spacial score (nSPS) is 12.2. The van der Waals surface area contributed by atoms with E-state index in [1.165, 1.54) is 96.3 Å². The fourth-order valence-electron chi connectivity index (χ4n) is 5.12. The Bertz CT molecular complexity index is 718. The predicted molar refractivity (Wildman–Crippen MR) is 180 cm³/mol. The highest BCUT2D eigenvalue weighted by Gasteiger charge is 2.12. The number of carbonyl (C=O) groups excluding carboxylic acids is 2. The number of aliphatic carboxylic acids is 1. The van der Waals surface area contributed by atoms with E-state index in [4.69, 9.17) is 9.84 Å². The number of allylic oxidation sites excluding steroid dienone is 3. The van der Waals surface area contributed by atoms with Crippen LogP contribution in [0, 0.1) is 0 Å². The lowest BCUT2D eigenvalue weighted by Gasteiger charge is -2.15. The second kappa shape index (κ2) is 32.8. The largest absolute Gasteiger partial charge is 0.480 e. The van der Waals surface area contributed by atoms with Crippen molar-refractivity contribution in [3.05, 3.63) is 24.3 Å². The number of hydrogen-bond donors (Lipinski definition) is 2. The summed E-state index contributed by atoms with van der Waals surface area (Å²) in [5, 5.41) is 11.0. The van der Waals surface area contributed by atoms with Crippen LogP contribution >= 0.6 is 0 Å². The van der Waals surface area contributed by atoms with Crippen molar-refractivity contribution in [1.29, 1.82) is 0 Å². The summed E-state index contributed by atoms with van der Waals surface area (Å²) in [4.78, 5) is 34.7. The van der Waals surface area contributed by atoms with Crippen molar-refractivity contribution >= 4 is 17.8 Å². The lowest BCUT2D eigenvalue weighted by atomic mass is 10.1. The predicted octanol–water partition coefficient (Wildman–Crippen LogP) is 10.4. The van der Waals surface area contributed by atoms with Gasteiger partial charge < -0.3 is 15.2 Å². The van der Waals surface area contributed by atoms with Gasteiger partial charge in [-0.1, -0.05) is 122 Å². The number of carboxylic acid groups (broad SMARTS) is 1. The second-order valence-electron chi connectivity index (χ2n) is 12.1. The number of amides is 1. The number of rotatable bonds is 32. The molecule has 0 aliphatic rings. The molecular formula is C37H67NO5.